The molecule has 0 atom stereocenters. The number of rotatable bonds is 4. The summed E-state index contributed by atoms with van der Waals surface area (Å²) in [5, 5.41) is 27.2. The fraction of sp³-hybridized carbons (Fsp3) is 0.150. The summed E-state index contributed by atoms with van der Waals surface area (Å²) in [5.74, 6) is 2.41. The number of thiophene rings is 2. The van der Waals surface area contributed by atoms with Gasteiger partial charge in [0.2, 0.25) is 0 Å². The van der Waals surface area contributed by atoms with Crippen molar-refractivity contribution in [2.75, 3.05) is 11.5 Å². The maximum atomic E-state index is 9.24. The van der Waals surface area contributed by atoms with E-state index in [1.807, 2.05) is 41.7 Å². The van der Waals surface area contributed by atoms with Crippen molar-refractivity contribution in [1.29, 1.82) is 15.8 Å². The molecule has 0 spiro atoms. The number of nitriles is 3. The molecule has 3 heterocycles. The third-order valence-corrected chi connectivity index (χ3v) is 8.12. The van der Waals surface area contributed by atoms with Crippen molar-refractivity contribution in [3.05, 3.63) is 53.6 Å². The van der Waals surface area contributed by atoms with Gasteiger partial charge in [0.05, 0.1) is 5.57 Å². The molecule has 27 heavy (non-hydrogen) atoms. The van der Waals surface area contributed by atoms with E-state index in [0.717, 1.165) is 9.75 Å². The van der Waals surface area contributed by atoms with Crippen LogP contribution in [0.4, 0.5) is 0 Å². The van der Waals surface area contributed by atoms with E-state index in [-0.39, 0.29) is 11.1 Å². The lowest BCUT2D eigenvalue weighted by atomic mass is 10.1. The molecule has 3 rings (SSSR count). The van der Waals surface area contributed by atoms with E-state index in [2.05, 4.69) is 24.3 Å². The molecule has 0 unspecified atom stereocenters. The van der Waals surface area contributed by atoms with Crippen LogP contribution in [0, 0.1) is 34.0 Å². The van der Waals surface area contributed by atoms with Crippen LogP contribution in [0.2, 0.25) is 0 Å². The smallest absolute Gasteiger partial charge is 0.148 e. The zero-order valence-corrected chi connectivity index (χ0v) is 17.4. The Balaban J connectivity index is 1.74. The van der Waals surface area contributed by atoms with Crippen LogP contribution in [0.1, 0.15) is 25.9 Å². The van der Waals surface area contributed by atoms with Crippen molar-refractivity contribution in [3.8, 4) is 18.2 Å². The monoisotopic (exact) mass is 423 g/mol. The summed E-state index contributed by atoms with van der Waals surface area (Å²) < 4.78 is 1.39. The number of hydrogen-bond acceptors (Lipinski definition) is 7. The first-order valence-corrected chi connectivity index (χ1v) is 11.6. The lowest BCUT2D eigenvalue weighted by Gasteiger charge is -2.11. The van der Waals surface area contributed by atoms with E-state index < -0.39 is 0 Å². The van der Waals surface area contributed by atoms with Gasteiger partial charge in [-0.25, -0.2) is 0 Å². The average molecular weight is 424 g/mol. The van der Waals surface area contributed by atoms with Crippen LogP contribution in [0.5, 0.6) is 0 Å². The topological polar surface area (TPSA) is 71.4 Å². The van der Waals surface area contributed by atoms with Gasteiger partial charge in [0.25, 0.3) is 0 Å². The van der Waals surface area contributed by atoms with E-state index in [9.17, 15) is 5.26 Å². The first-order chi connectivity index (χ1) is 13.2. The molecule has 0 aliphatic carbocycles. The summed E-state index contributed by atoms with van der Waals surface area (Å²) in [6.45, 7) is 0. The van der Waals surface area contributed by atoms with Gasteiger partial charge in [0.15, 0.2) is 0 Å². The highest BCUT2D eigenvalue weighted by Crippen LogP contribution is 2.37. The predicted molar refractivity (Wildman–Crippen MR) is 119 cm³/mol. The number of nitrogens with zero attached hydrogens (tertiary/aromatic N) is 3. The molecular formula is C20H13N3S4. The Morgan fingerprint density at radius 2 is 1.44 bits per heavy atom. The highest BCUT2D eigenvalue weighted by atomic mass is 32.2. The molecule has 2 aromatic heterocycles. The number of thioether (sulfide) groups is 2. The second-order valence-electron chi connectivity index (χ2n) is 5.37. The summed E-state index contributed by atoms with van der Waals surface area (Å²) in [4.78, 5) is 4.02. The molecule has 0 aromatic carbocycles. The Kier molecular flexibility index (Phi) is 6.98. The largest absolute Gasteiger partial charge is 0.192 e. The Hall–Kier alpha value is -2.21. The number of allylic oxidation sites excluding steroid dienone is 2. The molecule has 0 radical (unpaired) electrons. The molecule has 1 saturated heterocycles. The maximum Gasteiger partial charge on any atom is 0.148 e. The molecule has 132 valence electrons. The van der Waals surface area contributed by atoms with Gasteiger partial charge in [-0.3, -0.25) is 0 Å². The molecule has 7 heteroatoms. The average Bonchev–Trinajstić information content (AvgIpc) is 3.34. The molecule has 0 saturated carbocycles. The highest BCUT2D eigenvalue weighted by Gasteiger charge is 2.11. The Bertz CT molecular complexity index is 1020. The normalized spacial score (nSPS) is 13.6. The Morgan fingerprint density at radius 3 is 2.11 bits per heavy atom. The van der Waals surface area contributed by atoms with Crippen LogP contribution in [-0.2, 0) is 0 Å². The molecule has 0 N–H and O–H groups in total. The quantitative estimate of drug-likeness (QED) is 0.527. The highest BCUT2D eigenvalue weighted by molar-refractivity contribution is 8.23. The van der Waals surface area contributed by atoms with Gasteiger partial charge < -0.3 is 0 Å². The molecule has 1 aliphatic rings. The summed E-state index contributed by atoms with van der Waals surface area (Å²) in [7, 11) is 0. The second-order valence-corrected chi connectivity index (χ2v) is 10.2. The fourth-order valence-electron chi connectivity index (χ4n) is 2.29. The Morgan fingerprint density at radius 1 is 0.815 bits per heavy atom. The van der Waals surface area contributed by atoms with Gasteiger partial charge >= 0.3 is 0 Å². The van der Waals surface area contributed by atoms with Crippen LogP contribution >= 0.6 is 46.2 Å². The zero-order valence-electron chi connectivity index (χ0n) is 14.1. The first-order valence-electron chi connectivity index (χ1n) is 8.03. The van der Waals surface area contributed by atoms with E-state index >= 15 is 0 Å². The third-order valence-electron chi connectivity index (χ3n) is 3.56. The van der Waals surface area contributed by atoms with Crippen molar-refractivity contribution < 1.29 is 0 Å². The van der Waals surface area contributed by atoms with Crippen LogP contribution in [0.3, 0.4) is 0 Å². The lowest BCUT2D eigenvalue weighted by Crippen LogP contribution is -1.90. The summed E-state index contributed by atoms with van der Waals surface area (Å²) >= 11 is 7.00. The van der Waals surface area contributed by atoms with Crippen molar-refractivity contribution >= 4 is 70.0 Å². The molecule has 0 amide bonds. The van der Waals surface area contributed by atoms with Gasteiger partial charge in [-0.05, 0) is 60.4 Å². The maximum absolute atomic E-state index is 9.24. The zero-order chi connectivity index (χ0) is 19.1. The first kappa shape index (κ1) is 19.5. The molecule has 0 bridgehead atoms. The summed E-state index contributed by atoms with van der Waals surface area (Å²) in [6.07, 6.45) is 7.58. The Labute approximate surface area is 174 Å². The predicted octanol–water partition coefficient (Wildman–Crippen LogP) is 6.47. The minimum absolute atomic E-state index is 0.136. The van der Waals surface area contributed by atoms with Crippen LogP contribution in [-0.4, -0.2) is 11.5 Å². The second kappa shape index (κ2) is 9.65. The van der Waals surface area contributed by atoms with E-state index in [1.54, 1.807) is 29.5 Å². The van der Waals surface area contributed by atoms with Gasteiger partial charge in [-0.2, -0.15) is 15.8 Å². The minimum Gasteiger partial charge on any atom is -0.192 e. The van der Waals surface area contributed by atoms with E-state index in [1.165, 1.54) is 38.4 Å². The lowest BCUT2D eigenvalue weighted by molar-refractivity contribution is 1.12. The van der Waals surface area contributed by atoms with Crippen molar-refractivity contribution in [1.82, 2.24) is 0 Å². The SMILES string of the molecule is N#CC(C#N)=C(C#N)c1ccc(/C=C/c2ccc(C=C3SCCCS3)s2)s1. The minimum atomic E-state index is -0.149. The molecular weight excluding hydrogens is 411 g/mol. The van der Waals surface area contributed by atoms with Crippen molar-refractivity contribution in [2.24, 2.45) is 0 Å². The van der Waals surface area contributed by atoms with E-state index in [0.29, 0.717) is 4.88 Å². The summed E-state index contributed by atoms with van der Waals surface area (Å²) in [5.41, 5.74) is -0.0126. The summed E-state index contributed by atoms with van der Waals surface area (Å²) in [6, 6.07) is 13.4. The van der Waals surface area contributed by atoms with Crippen LogP contribution in [0.15, 0.2) is 34.1 Å². The van der Waals surface area contributed by atoms with Crippen LogP contribution in [0.25, 0.3) is 23.8 Å². The van der Waals surface area contributed by atoms with Crippen LogP contribution < -0.4 is 0 Å². The molecule has 1 fully saturated rings. The fourth-order valence-corrected chi connectivity index (χ4v) is 6.63. The van der Waals surface area contributed by atoms with Crippen molar-refractivity contribution in [2.45, 2.75) is 6.42 Å². The van der Waals surface area contributed by atoms with E-state index in [4.69, 9.17) is 10.5 Å². The number of hydrogen-bond donors (Lipinski definition) is 0. The van der Waals surface area contributed by atoms with Gasteiger partial charge in [-0.1, -0.05) is 0 Å². The molecule has 2 aromatic rings. The van der Waals surface area contributed by atoms with Crippen molar-refractivity contribution in [3.63, 3.8) is 0 Å². The standard InChI is InChI=1S/C20H13N3S4/c21-11-14(12-22)18(13-23)19-7-6-16(27-19)3-2-15-4-5-17(26-15)10-20-24-8-1-9-25-20/h2-7,10H,1,8-9H2/b3-2+. The molecule has 1 aliphatic heterocycles. The third kappa shape index (κ3) is 5.16. The van der Waals surface area contributed by atoms with Gasteiger partial charge in [0, 0.05) is 23.7 Å². The molecule has 3 nitrogen and oxygen atoms in total. The van der Waals surface area contributed by atoms with Gasteiger partial charge in [-0.15, -0.1) is 46.2 Å². The van der Waals surface area contributed by atoms with Gasteiger partial charge in [0.1, 0.15) is 23.8 Å².